The van der Waals surface area contributed by atoms with Crippen LogP contribution in [0.2, 0.25) is 0 Å². The highest BCUT2D eigenvalue weighted by atomic mass is 16.4. The largest absolute Gasteiger partial charge is 0.550 e. The number of carboxylic acid groups (broad SMARTS) is 2. The maximum absolute atomic E-state index is 9.57. The van der Waals surface area contributed by atoms with Crippen molar-refractivity contribution in [2.24, 2.45) is 0 Å². The summed E-state index contributed by atoms with van der Waals surface area (Å²) in [7, 11) is 12.3. The summed E-state index contributed by atoms with van der Waals surface area (Å²) in [6.45, 7) is 4.77. The molecular formula is C16H38N2O7. The molecule has 1 atom stereocenters. The third kappa shape index (κ3) is 60.3. The molecule has 0 saturated carbocycles. The molecular weight excluding hydrogens is 332 g/mol. The fourth-order valence-corrected chi connectivity index (χ4v) is 0.767. The fraction of sp³-hybridized carbons (Fsp3) is 0.875. The Kier molecular flexibility index (Phi) is 22.1. The number of aliphatic carboxylic acids is 2. The van der Waals surface area contributed by atoms with Crippen LogP contribution >= 0.6 is 0 Å². The molecule has 25 heavy (non-hydrogen) atoms. The summed E-state index contributed by atoms with van der Waals surface area (Å²) >= 11 is 0. The first-order valence-electron chi connectivity index (χ1n) is 7.93. The van der Waals surface area contributed by atoms with Gasteiger partial charge in [0.2, 0.25) is 0 Å². The van der Waals surface area contributed by atoms with Crippen molar-refractivity contribution in [3.63, 3.8) is 0 Å². The van der Waals surface area contributed by atoms with Gasteiger partial charge < -0.3 is 44.1 Å². The number of aliphatic hydroxyl groups is 3. The van der Waals surface area contributed by atoms with Crippen LogP contribution in [0.1, 0.15) is 20.3 Å². The maximum Gasteiger partial charge on any atom is 0.101 e. The number of rotatable bonds is 6. The van der Waals surface area contributed by atoms with Crippen LogP contribution < -0.4 is 10.2 Å². The summed E-state index contributed by atoms with van der Waals surface area (Å²) in [5.74, 6) is -2.48. The Morgan fingerprint density at radius 3 is 1.12 bits per heavy atom. The molecule has 0 aromatic carbocycles. The molecule has 0 bridgehead atoms. The van der Waals surface area contributed by atoms with Crippen LogP contribution in [0.15, 0.2) is 0 Å². The van der Waals surface area contributed by atoms with Gasteiger partial charge >= 0.3 is 0 Å². The molecule has 0 radical (unpaired) electrons. The van der Waals surface area contributed by atoms with E-state index in [-0.39, 0.29) is 19.6 Å². The lowest BCUT2D eigenvalue weighted by Crippen LogP contribution is -2.36. The van der Waals surface area contributed by atoms with E-state index in [1.165, 1.54) is 0 Å². The second kappa shape index (κ2) is 17.6. The Labute approximate surface area is 151 Å². The molecule has 0 saturated heterocycles. The minimum Gasteiger partial charge on any atom is -0.550 e. The smallest absolute Gasteiger partial charge is 0.101 e. The van der Waals surface area contributed by atoms with Crippen LogP contribution in [-0.2, 0) is 9.59 Å². The lowest BCUT2D eigenvalue weighted by Gasteiger charge is -2.21. The minimum absolute atomic E-state index is 0.211. The SMILES string of the molecule is CC(=O)[O-].CCC(O)C(=O)[O-].C[N+](C)(C)CCO.C[N+](C)(C)CCO. The molecule has 3 N–H and O–H groups in total. The number of hydrogen-bond donors (Lipinski definition) is 3. The Hall–Kier alpha value is -1.26. The van der Waals surface area contributed by atoms with Gasteiger partial charge in [-0.15, -0.1) is 0 Å². The van der Waals surface area contributed by atoms with Crippen LogP contribution in [0.5, 0.6) is 0 Å². The van der Waals surface area contributed by atoms with Crippen LogP contribution in [0.25, 0.3) is 0 Å². The van der Waals surface area contributed by atoms with E-state index >= 15 is 0 Å². The molecule has 0 aliphatic rings. The van der Waals surface area contributed by atoms with Crippen molar-refractivity contribution >= 4 is 11.9 Å². The van der Waals surface area contributed by atoms with Crippen LogP contribution in [0, 0.1) is 0 Å². The predicted octanol–water partition coefficient (Wildman–Crippen LogP) is -3.37. The molecule has 0 aliphatic carbocycles. The molecule has 9 nitrogen and oxygen atoms in total. The second-order valence-electron chi connectivity index (χ2n) is 7.21. The number of nitrogens with zero attached hydrogens (tertiary/aromatic N) is 2. The van der Waals surface area contributed by atoms with E-state index in [0.717, 1.165) is 29.0 Å². The van der Waals surface area contributed by atoms with E-state index in [2.05, 4.69) is 42.3 Å². The van der Waals surface area contributed by atoms with Crippen molar-refractivity contribution in [3.8, 4) is 0 Å². The third-order valence-electron chi connectivity index (χ3n) is 2.20. The molecule has 154 valence electrons. The average molecular weight is 370 g/mol. The van der Waals surface area contributed by atoms with Crippen molar-refractivity contribution in [2.45, 2.75) is 26.4 Å². The van der Waals surface area contributed by atoms with Gasteiger partial charge in [-0.25, -0.2) is 0 Å². The average Bonchev–Trinajstić information content (AvgIpc) is 2.35. The number of hydrogen-bond acceptors (Lipinski definition) is 7. The van der Waals surface area contributed by atoms with Gasteiger partial charge in [-0.3, -0.25) is 0 Å². The van der Waals surface area contributed by atoms with Crippen molar-refractivity contribution in [1.82, 2.24) is 0 Å². The molecule has 0 aromatic rings. The van der Waals surface area contributed by atoms with Gasteiger partial charge in [0.1, 0.15) is 13.1 Å². The molecule has 0 aliphatic heterocycles. The van der Waals surface area contributed by atoms with E-state index in [4.69, 9.17) is 25.2 Å². The van der Waals surface area contributed by atoms with Crippen molar-refractivity contribution in [2.75, 3.05) is 68.6 Å². The highest BCUT2D eigenvalue weighted by molar-refractivity contribution is 5.69. The van der Waals surface area contributed by atoms with E-state index in [1.54, 1.807) is 6.92 Å². The van der Waals surface area contributed by atoms with E-state index < -0.39 is 18.0 Å². The number of carbonyl (C=O) groups excluding carboxylic acids is 2. The number of carboxylic acids is 2. The zero-order valence-electron chi connectivity index (χ0n) is 17.0. The van der Waals surface area contributed by atoms with Gasteiger partial charge in [0, 0.05) is 5.97 Å². The third-order valence-corrected chi connectivity index (χ3v) is 2.20. The standard InChI is InChI=1S/2C5H14NO.C4H8O3.C2H4O2/c2*1-6(2,3)4-5-7;1-2-3(5)4(6)7;1-2(3)4/h2*7H,4-5H2,1-3H3;3,5H,2H2,1H3,(H,6,7);1H3,(H,3,4)/q2*+1;;/p-2. The zero-order valence-corrected chi connectivity index (χ0v) is 17.0. The lowest BCUT2D eigenvalue weighted by atomic mass is 10.3. The first-order valence-corrected chi connectivity index (χ1v) is 7.93. The Morgan fingerprint density at radius 1 is 0.880 bits per heavy atom. The summed E-state index contributed by atoms with van der Waals surface area (Å²) in [5, 5.41) is 43.5. The Bertz CT molecular complexity index is 303. The minimum atomic E-state index is -1.40. The fourth-order valence-electron chi connectivity index (χ4n) is 0.767. The van der Waals surface area contributed by atoms with Gasteiger partial charge in [0.25, 0.3) is 0 Å². The summed E-state index contributed by atoms with van der Waals surface area (Å²) < 4.78 is 1.69. The van der Waals surface area contributed by atoms with Gasteiger partial charge in [0.05, 0.1) is 67.6 Å². The lowest BCUT2D eigenvalue weighted by molar-refractivity contribution is -0.870. The van der Waals surface area contributed by atoms with Crippen molar-refractivity contribution in [1.29, 1.82) is 0 Å². The van der Waals surface area contributed by atoms with E-state index in [1.807, 2.05) is 0 Å². The molecule has 9 heteroatoms. The highest BCUT2D eigenvalue weighted by Crippen LogP contribution is 1.85. The normalized spacial score (nSPS) is 11.5. The van der Waals surface area contributed by atoms with Crippen LogP contribution in [-0.4, -0.2) is 111 Å². The number of quaternary nitrogens is 2. The van der Waals surface area contributed by atoms with Gasteiger partial charge in [0.15, 0.2) is 0 Å². The van der Waals surface area contributed by atoms with Crippen molar-refractivity contribution < 1.29 is 44.1 Å². The Balaban J connectivity index is -0.000000120. The maximum atomic E-state index is 9.57. The van der Waals surface area contributed by atoms with E-state index in [9.17, 15) is 9.90 Å². The number of likely N-dealkylation sites (N-methyl/N-ethyl adjacent to an activating group) is 2. The first kappa shape index (κ1) is 31.5. The first-order chi connectivity index (χ1) is 11.0. The quantitative estimate of drug-likeness (QED) is 0.415. The van der Waals surface area contributed by atoms with Gasteiger partial charge in [-0.1, -0.05) is 6.92 Å². The molecule has 0 spiro atoms. The van der Waals surface area contributed by atoms with Crippen molar-refractivity contribution in [3.05, 3.63) is 0 Å². The monoisotopic (exact) mass is 370 g/mol. The molecule has 0 aromatic heterocycles. The summed E-state index contributed by atoms with van der Waals surface area (Å²) in [6, 6.07) is 0. The van der Waals surface area contributed by atoms with Crippen LogP contribution in [0.3, 0.4) is 0 Å². The Morgan fingerprint density at radius 2 is 1.12 bits per heavy atom. The van der Waals surface area contributed by atoms with Gasteiger partial charge in [-0.2, -0.15) is 0 Å². The van der Waals surface area contributed by atoms with Crippen LogP contribution in [0.4, 0.5) is 0 Å². The summed E-state index contributed by atoms with van der Waals surface area (Å²) in [4.78, 5) is 18.5. The molecule has 0 amide bonds. The molecule has 0 rings (SSSR count). The topological polar surface area (TPSA) is 141 Å². The zero-order chi connectivity index (χ0) is 21.3. The molecule has 0 heterocycles. The highest BCUT2D eigenvalue weighted by Gasteiger charge is 2.02. The predicted molar refractivity (Wildman–Crippen MR) is 92.0 cm³/mol. The van der Waals surface area contributed by atoms with Gasteiger partial charge in [-0.05, 0) is 13.3 Å². The number of aliphatic hydroxyl groups excluding tert-OH is 3. The summed E-state index contributed by atoms with van der Waals surface area (Å²) in [5.41, 5.74) is 0. The van der Waals surface area contributed by atoms with E-state index in [0.29, 0.717) is 0 Å². The number of carbonyl (C=O) groups is 2. The summed E-state index contributed by atoms with van der Waals surface area (Å²) in [6.07, 6.45) is -1.08. The molecule has 0 fully saturated rings. The second-order valence-corrected chi connectivity index (χ2v) is 7.21. The molecule has 1 unspecified atom stereocenters.